The molecule has 0 saturated heterocycles. The van der Waals surface area contributed by atoms with Gasteiger partial charge >= 0.3 is 0 Å². The van der Waals surface area contributed by atoms with Gasteiger partial charge in [0.05, 0.1) is 0 Å². The molecule has 17 heavy (non-hydrogen) atoms. The van der Waals surface area contributed by atoms with Crippen LogP contribution >= 0.6 is 11.6 Å². The Balaban J connectivity index is 2.40. The molecule has 0 saturated carbocycles. The van der Waals surface area contributed by atoms with E-state index in [1.54, 1.807) is 0 Å². The maximum Gasteiger partial charge on any atom is 0.0409 e. The van der Waals surface area contributed by atoms with Gasteiger partial charge in [-0.25, -0.2) is 0 Å². The lowest BCUT2D eigenvalue weighted by Crippen LogP contribution is -2.28. The molecule has 0 fully saturated rings. The van der Waals surface area contributed by atoms with Gasteiger partial charge in [0, 0.05) is 17.1 Å². The quantitative estimate of drug-likeness (QED) is 0.678. The zero-order valence-electron chi connectivity index (χ0n) is 11.2. The molecule has 0 spiro atoms. The van der Waals surface area contributed by atoms with Gasteiger partial charge in [-0.1, -0.05) is 49.9 Å². The first kappa shape index (κ1) is 14.5. The van der Waals surface area contributed by atoms with Crippen molar-refractivity contribution in [1.29, 1.82) is 0 Å². The average Bonchev–Trinajstić information content (AvgIpc) is 2.29. The SMILES string of the molecule is CCCCCC(C)NC(C)c1cccc(Cl)c1. The smallest absolute Gasteiger partial charge is 0.0409 e. The Labute approximate surface area is 111 Å². The van der Waals surface area contributed by atoms with E-state index in [9.17, 15) is 0 Å². The van der Waals surface area contributed by atoms with Crippen LogP contribution in [0.15, 0.2) is 24.3 Å². The Morgan fingerprint density at radius 3 is 2.65 bits per heavy atom. The first-order valence-corrected chi connectivity index (χ1v) is 7.02. The summed E-state index contributed by atoms with van der Waals surface area (Å²) in [6, 6.07) is 9.03. The van der Waals surface area contributed by atoms with Crippen molar-refractivity contribution in [2.75, 3.05) is 0 Å². The molecule has 1 aromatic carbocycles. The van der Waals surface area contributed by atoms with E-state index < -0.39 is 0 Å². The molecule has 0 aliphatic heterocycles. The van der Waals surface area contributed by atoms with Crippen molar-refractivity contribution in [2.24, 2.45) is 0 Å². The van der Waals surface area contributed by atoms with Crippen molar-refractivity contribution in [3.8, 4) is 0 Å². The second-order valence-electron chi connectivity index (χ2n) is 4.84. The molecule has 1 aromatic rings. The highest BCUT2D eigenvalue weighted by Gasteiger charge is 2.09. The van der Waals surface area contributed by atoms with E-state index in [4.69, 9.17) is 11.6 Å². The van der Waals surface area contributed by atoms with Crippen LogP contribution in [0.5, 0.6) is 0 Å². The fraction of sp³-hybridized carbons (Fsp3) is 0.600. The molecular formula is C15H24ClN. The minimum Gasteiger partial charge on any atom is -0.308 e. The Bertz CT molecular complexity index is 324. The lowest BCUT2D eigenvalue weighted by Gasteiger charge is -2.20. The third kappa shape index (κ3) is 5.56. The lowest BCUT2D eigenvalue weighted by molar-refractivity contribution is 0.440. The summed E-state index contributed by atoms with van der Waals surface area (Å²) in [7, 11) is 0. The summed E-state index contributed by atoms with van der Waals surface area (Å²) < 4.78 is 0. The Morgan fingerprint density at radius 2 is 2.00 bits per heavy atom. The predicted octanol–water partition coefficient (Wildman–Crippen LogP) is 4.96. The summed E-state index contributed by atoms with van der Waals surface area (Å²) in [5.41, 5.74) is 1.26. The summed E-state index contributed by atoms with van der Waals surface area (Å²) >= 11 is 6.00. The van der Waals surface area contributed by atoms with Crippen LogP contribution in [-0.4, -0.2) is 6.04 Å². The molecule has 0 aliphatic rings. The second-order valence-corrected chi connectivity index (χ2v) is 5.28. The molecular weight excluding hydrogens is 230 g/mol. The van der Waals surface area contributed by atoms with Crippen LogP contribution in [0.25, 0.3) is 0 Å². The van der Waals surface area contributed by atoms with E-state index in [1.165, 1.54) is 31.2 Å². The Hall–Kier alpha value is -0.530. The minimum atomic E-state index is 0.366. The van der Waals surface area contributed by atoms with Crippen molar-refractivity contribution in [3.05, 3.63) is 34.9 Å². The van der Waals surface area contributed by atoms with E-state index in [0.29, 0.717) is 12.1 Å². The number of unbranched alkanes of at least 4 members (excludes halogenated alkanes) is 2. The third-order valence-electron chi connectivity index (χ3n) is 3.12. The van der Waals surface area contributed by atoms with E-state index in [1.807, 2.05) is 18.2 Å². The van der Waals surface area contributed by atoms with E-state index in [2.05, 4.69) is 32.2 Å². The number of benzene rings is 1. The van der Waals surface area contributed by atoms with Gasteiger partial charge in [0.1, 0.15) is 0 Å². The predicted molar refractivity (Wildman–Crippen MR) is 76.6 cm³/mol. The average molecular weight is 254 g/mol. The molecule has 96 valence electrons. The Kier molecular flexibility index (Phi) is 6.61. The van der Waals surface area contributed by atoms with Crippen molar-refractivity contribution in [3.63, 3.8) is 0 Å². The Morgan fingerprint density at radius 1 is 1.24 bits per heavy atom. The van der Waals surface area contributed by atoms with E-state index in [-0.39, 0.29) is 0 Å². The number of halogens is 1. The number of rotatable bonds is 7. The zero-order chi connectivity index (χ0) is 12.7. The van der Waals surface area contributed by atoms with Gasteiger partial charge in [0.15, 0.2) is 0 Å². The molecule has 1 rings (SSSR count). The van der Waals surface area contributed by atoms with Gasteiger partial charge in [0.2, 0.25) is 0 Å². The summed E-state index contributed by atoms with van der Waals surface area (Å²) in [6.45, 7) is 6.70. The molecule has 0 heterocycles. The van der Waals surface area contributed by atoms with E-state index in [0.717, 1.165) is 5.02 Å². The lowest BCUT2D eigenvalue weighted by atomic mass is 10.1. The molecule has 0 bridgehead atoms. The van der Waals surface area contributed by atoms with E-state index >= 15 is 0 Å². The van der Waals surface area contributed by atoms with Gasteiger partial charge in [-0.15, -0.1) is 0 Å². The standard InChI is InChI=1S/C15H24ClN/c1-4-5-6-8-12(2)17-13(3)14-9-7-10-15(16)11-14/h7,9-13,17H,4-6,8H2,1-3H3. The maximum atomic E-state index is 6.00. The van der Waals surface area contributed by atoms with Crippen LogP contribution in [0.2, 0.25) is 5.02 Å². The highest BCUT2D eigenvalue weighted by atomic mass is 35.5. The zero-order valence-corrected chi connectivity index (χ0v) is 11.9. The van der Waals surface area contributed by atoms with Crippen LogP contribution in [0.4, 0.5) is 0 Å². The van der Waals surface area contributed by atoms with Crippen LogP contribution in [0.1, 0.15) is 58.1 Å². The minimum absolute atomic E-state index is 0.366. The van der Waals surface area contributed by atoms with Gasteiger partial charge in [0.25, 0.3) is 0 Å². The number of hydrogen-bond acceptors (Lipinski definition) is 1. The highest BCUT2D eigenvalue weighted by Crippen LogP contribution is 2.18. The molecule has 0 aromatic heterocycles. The fourth-order valence-corrected chi connectivity index (χ4v) is 2.28. The summed E-state index contributed by atoms with van der Waals surface area (Å²) in [4.78, 5) is 0. The van der Waals surface area contributed by atoms with Gasteiger partial charge in [-0.2, -0.15) is 0 Å². The van der Waals surface area contributed by atoms with Crippen LogP contribution in [0.3, 0.4) is 0 Å². The summed E-state index contributed by atoms with van der Waals surface area (Å²) in [6.07, 6.45) is 5.18. The van der Waals surface area contributed by atoms with Crippen LogP contribution < -0.4 is 5.32 Å². The molecule has 0 amide bonds. The van der Waals surface area contributed by atoms with Crippen LogP contribution in [0, 0.1) is 0 Å². The first-order chi connectivity index (χ1) is 8.13. The highest BCUT2D eigenvalue weighted by molar-refractivity contribution is 6.30. The summed E-state index contributed by atoms with van der Waals surface area (Å²) in [5.74, 6) is 0. The monoisotopic (exact) mass is 253 g/mol. The van der Waals surface area contributed by atoms with Crippen molar-refractivity contribution >= 4 is 11.6 Å². The van der Waals surface area contributed by atoms with Gasteiger partial charge in [-0.05, 0) is 38.0 Å². The van der Waals surface area contributed by atoms with Crippen molar-refractivity contribution in [1.82, 2.24) is 5.32 Å². The van der Waals surface area contributed by atoms with Crippen molar-refractivity contribution < 1.29 is 0 Å². The maximum absolute atomic E-state index is 6.00. The first-order valence-electron chi connectivity index (χ1n) is 6.65. The molecule has 2 heteroatoms. The van der Waals surface area contributed by atoms with Gasteiger partial charge in [-0.3, -0.25) is 0 Å². The second kappa shape index (κ2) is 7.73. The molecule has 1 nitrogen and oxygen atoms in total. The molecule has 2 atom stereocenters. The summed E-state index contributed by atoms with van der Waals surface area (Å²) in [5, 5.41) is 4.44. The molecule has 0 radical (unpaired) electrons. The largest absolute Gasteiger partial charge is 0.308 e. The normalized spacial score (nSPS) is 14.6. The number of hydrogen-bond donors (Lipinski definition) is 1. The van der Waals surface area contributed by atoms with Crippen LogP contribution in [-0.2, 0) is 0 Å². The number of nitrogens with one attached hydrogen (secondary N) is 1. The van der Waals surface area contributed by atoms with Crippen molar-refractivity contribution in [2.45, 2.75) is 58.5 Å². The fourth-order valence-electron chi connectivity index (χ4n) is 2.08. The third-order valence-corrected chi connectivity index (χ3v) is 3.36. The topological polar surface area (TPSA) is 12.0 Å². The molecule has 1 N–H and O–H groups in total. The molecule has 0 aliphatic carbocycles. The molecule has 2 unspecified atom stereocenters. The van der Waals surface area contributed by atoms with Gasteiger partial charge < -0.3 is 5.32 Å².